The van der Waals surface area contributed by atoms with E-state index in [1.54, 1.807) is 18.5 Å². The van der Waals surface area contributed by atoms with E-state index >= 15 is 0 Å². The number of aliphatic hydroxyl groups is 1. The molecule has 1 aromatic heterocycles. The summed E-state index contributed by atoms with van der Waals surface area (Å²) in [7, 11) is 0. The SMILES string of the molecule is N[C@@H](CO)c1ccc(-c2ncccn2)cc1. The van der Waals surface area contributed by atoms with Gasteiger partial charge in [0.25, 0.3) is 0 Å². The van der Waals surface area contributed by atoms with Crippen LogP contribution in [-0.2, 0) is 0 Å². The zero-order valence-electron chi connectivity index (χ0n) is 8.74. The highest BCUT2D eigenvalue weighted by molar-refractivity contribution is 5.54. The van der Waals surface area contributed by atoms with E-state index in [0.29, 0.717) is 5.82 Å². The first kappa shape index (κ1) is 10.7. The Hall–Kier alpha value is -1.78. The zero-order valence-corrected chi connectivity index (χ0v) is 8.74. The highest BCUT2D eigenvalue weighted by Crippen LogP contribution is 2.17. The average Bonchev–Trinajstić information content (AvgIpc) is 2.39. The summed E-state index contributed by atoms with van der Waals surface area (Å²) in [5.41, 5.74) is 7.55. The van der Waals surface area contributed by atoms with Crippen LogP contribution in [0.2, 0.25) is 0 Å². The topological polar surface area (TPSA) is 72.0 Å². The minimum absolute atomic E-state index is 0.0544. The second kappa shape index (κ2) is 4.83. The average molecular weight is 215 g/mol. The Morgan fingerprint density at radius 3 is 2.31 bits per heavy atom. The summed E-state index contributed by atoms with van der Waals surface area (Å²) < 4.78 is 0. The molecule has 0 saturated carbocycles. The summed E-state index contributed by atoms with van der Waals surface area (Å²) in [5, 5.41) is 8.92. The number of nitrogens with zero attached hydrogens (tertiary/aromatic N) is 2. The molecule has 4 heteroatoms. The normalized spacial score (nSPS) is 12.4. The van der Waals surface area contributed by atoms with Crippen molar-refractivity contribution >= 4 is 0 Å². The van der Waals surface area contributed by atoms with Crippen molar-refractivity contribution in [3.05, 3.63) is 48.3 Å². The lowest BCUT2D eigenvalue weighted by Crippen LogP contribution is -2.14. The predicted molar refractivity (Wildman–Crippen MR) is 61.5 cm³/mol. The van der Waals surface area contributed by atoms with E-state index in [4.69, 9.17) is 10.8 Å². The van der Waals surface area contributed by atoms with Gasteiger partial charge in [-0.25, -0.2) is 9.97 Å². The second-order valence-corrected chi connectivity index (χ2v) is 3.48. The van der Waals surface area contributed by atoms with Crippen molar-refractivity contribution in [2.45, 2.75) is 6.04 Å². The summed E-state index contributed by atoms with van der Waals surface area (Å²) >= 11 is 0. The van der Waals surface area contributed by atoms with Gasteiger partial charge in [0.2, 0.25) is 0 Å². The standard InChI is InChI=1S/C12H13N3O/c13-11(8-16)9-2-4-10(5-3-9)12-14-6-1-7-15-12/h1-7,11,16H,8,13H2/t11-/m0/s1. The highest BCUT2D eigenvalue weighted by Gasteiger charge is 2.05. The first-order chi connectivity index (χ1) is 7.81. The summed E-state index contributed by atoms with van der Waals surface area (Å²) in [6, 6.07) is 9.02. The largest absolute Gasteiger partial charge is 0.394 e. The third kappa shape index (κ3) is 2.24. The lowest BCUT2D eigenvalue weighted by Gasteiger charge is -2.08. The lowest BCUT2D eigenvalue weighted by atomic mass is 10.1. The number of hydrogen-bond acceptors (Lipinski definition) is 4. The van der Waals surface area contributed by atoms with E-state index in [1.165, 1.54) is 0 Å². The van der Waals surface area contributed by atoms with Crippen LogP contribution in [0.3, 0.4) is 0 Å². The molecule has 0 aliphatic rings. The molecule has 82 valence electrons. The number of aliphatic hydroxyl groups excluding tert-OH is 1. The van der Waals surface area contributed by atoms with Gasteiger partial charge in [-0.3, -0.25) is 0 Å². The number of benzene rings is 1. The van der Waals surface area contributed by atoms with Gasteiger partial charge in [0, 0.05) is 18.0 Å². The van der Waals surface area contributed by atoms with E-state index in [1.807, 2.05) is 24.3 Å². The van der Waals surface area contributed by atoms with Crippen molar-refractivity contribution in [2.24, 2.45) is 5.73 Å². The molecule has 4 nitrogen and oxygen atoms in total. The molecular formula is C12H13N3O. The molecule has 1 heterocycles. The minimum Gasteiger partial charge on any atom is -0.394 e. The Bertz CT molecular complexity index is 442. The summed E-state index contributed by atoms with van der Waals surface area (Å²) in [6.45, 7) is -0.0544. The van der Waals surface area contributed by atoms with Crippen LogP contribution >= 0.6 is 0 Å². The van der Waals surface area contributed by atoms with Crippen LogP contribution in [0.15, 0.2) is 42.7 Å². The predicted octanol–water partition coefficient (Wildman–Crippen LogP) is 1.14. The highest BCUT2D eigenvalue weighted by atomic mass is 16.3. The molecule has 0 bridgehead atoms. The molecule has 1 aromatic carbocycles. The molecule has 0 unspecified atom stereocenters. The molecule has 3 N–H and O–H groups in total. The van der Waals surface area contributed by atoms with Gasteiger partial charge >= 0.3 is 0 Å². The lowest BCUT2D eigenvalue weighted by molar-refractivity contribution is 0.268. The van der Waals surface area contributed by atoms with Crippen LogP contribution in [0.5, 0.6) is 0 Å². The fraction of sp³-hybridized carbons (Fsp3) is 0.167. The summed E-state index contributed by atoms with van der Waals surface area (Å²) in [4.78, 5) is 8.30. The fourth-order valence-electron chi connectivity index (χ4n) is 1.43. The monoisotopic (exact) mass is 215 g/mol. The maximum Gasteiger partial charge on any atom is 0.159 e. The second-order valence-electron chi connectivity index (χ2n) is 3.48. The van der Waals surface area contributed by atoms with Crippen LogP contribution in [0.4, 0.5) is 0 Å². The molecule has 16 heavy (non-hydrogen) atoms. The Morgan fingerprint density at radius 2 is 1.75 bits per heavy atom. The Balaban J connectivity index is 2.26. The van der Waals surface area contributed by atoms with E-state index in [-0.39, 0.29) is 12.6 Å². The van der Waals surface area contributed by atoms with Crippen molar-refractivity contribution < 1.29 is 5.11 Å². The van der Waals surface area contributed by atoms with Crippen molar-refractivity contribution in [1.29, 1.82) is 0 Å². The third-order valence-corrected chi connectivity index (χ3v) is 2.36. The smallest absolute Gasteiger partial charge is 0.159 e. The quantitative estimate of drug-likeness (QED) is 0.805. The molecule has 0 aliphatic carbocycles. The molecule has 0 saturated heterocycles. The fourth-order valence-corrected chi connectivity index (χ4v) is 1.43. The zero-order chi connectivity index (χ0) is 11.4. The Labute approximate surface area is 93.8 Å². The van der Waals surface area contributed by atoms with Crippen LogP contribution in [-0.4, -0.2) is 21.7 Å². The first-order valence-electron chi connectivity index (χ1n) is 5.05. The van der Waals surface area contributed by atoms with Gasteiger partial charge in [-0.15, -0.1) is 0 Å². The van der Waals surface area contributed by atoms with Crippen LogP contribution in [0, 0.1) is 0 Å². The summed E-state index contributed by atoms with van der Waals surface area (Å²) in [5.74, 6) is 0.687. The van der Waals surface area contributed by atoms with E-state index < -0.39 is 0 Å². The minimum atomic E-state index is -0.328. The van der Waals surface area contributed by atoms with Crippen molar-refractivity contribution in [3.8, 4) is 11.4 Å². The summed E-state index contributed by atoms with van der Waals surface area (Å²) in [6.07, 6.45) is 3.41. The molecule has 0 amide bonds. The van der Waals surface area contributed by atoms with Gasteiger partial charge in [-0.1, -0.05) is 24.3 Å². The van der Waals surface area contributed by atoms with Gasteiger partial charge in [-0.2, -0.15) is 0 Å². The molecule has 0 aliphatic heterocycles. The van der Waals surface area contributed by atoms with Crippen LogP contribution < -0.4 is 5.73 Å². The molecule has 0 spiro atoms. The van der Waals surface area contributed by atoms with Gasteiger partial charge in [0.15, 0.2) is 5.82 Å². The van der Waals surface area contributed by atoms with Crippen molar-refractivity contribution in [1.82, 2.24) is 9.97 Å². The van der Waals surface area contributed by atoms with Crippen molar-refractivity contribution in [2.75, 3.05) is 6.61 Å². The Morgan fingerprint density at radius 1 is 1.12 bits per heavy atom. The van der Waals surface area contributed by atoms with Gasteiger partial charge in [0.05, 0.1) is 12.6 Å². The van der Waals surface area contributed by atoms with E-state index in [2.05, 4.69) is 9.97 Å². The van der Waals surface area contributed by atoms with Crippen molar-refractivity contribution in [3.63, 3.8) is 0 Å². The Kier molecular flexibility index (Phi) is 3.24. The third-order valence-electron chi connectivity index (χ3n) is 2.36. The van der Waals surface area contributed by atoms with E-state index in [0.717, 1.165) is 11.1 Å². The molecule has 1 atom stereocenters. The molecular weight excluding hydrogens is 202 g/mol. The molecule has 0 fully saturated rings. The van der Waals surface area contributed by atoms with Crippen LogP contribution in [0.1, 0.15) is 11.6 Å². The number of hydrogen-bond donors (Lipinski definition) is 2. The number of nitrogens with two attached hydrogens (primary N) is 1. The van der Waals surface area contributed by atoms with Gasteiger partial charge < -0.3 is 10.8 Å². The van der Waals surface area contributed by atoms with Crippen LogP contribution in [0.25, 0.3) is 11.4 Å². The first-order valence-corrected chi connectivity index (χ1v) is 5.05. The number of rotatable bonds is 3. The molecule has 2 rings (SSSR count). The molecule has 2 aromatic rings. The van der Waals surface area contributed by atoms with Gasteiger partial charge in [-0.05, 0) is 11.6 Å². The molecule has 0 radical (unpaired) electrons. The van der Waals surface area contributed by atoms with Gasteiger partial charge in [0.1, 0.15) is 0 Å². The number of aromatic nitrogens is 2. The maximum absolute atomic E-state index is 8.92. The van der Waals surface area contributed by atoms with E-state index in [9.17, 15) is 0 Å². The maximum atomic E-state index is 8.92.